The van der Waals surface area contributed by atoms with E-state index in [-0.39, 0.29) is 17.9 Å². The molecule has 0 unspecified atom stereocenters. The van der Waals surface area contributed by atoms with Crippen LogP contribution >= 0.6 is 0 Å². The van der Waals surface area contributed by atoms with Gasteiger partial charge in [0, 0.05) is 38.4 Å². The predicted octanol–water partition coefficient (Wildman–Crippen LogP) is 2.42. The van der Waals surface area contributed by atoms with Gasteiger partial charge in [0.15, 0.2) is 0 Å². The first-order valence-corrected chi connectivity index (χ1v) is 10.9. The standard InChI is InChI=1S/C24H29N3O3/c1-29-23-9-5-4-8-21(23)26-10-11-27-20-7-3-2-6-18(20)16-19(22(27)17-26)24(28)25-12-14-30-15-13-25/h2-9,19,22H,10-17H2,1H3/t19-,22-/m1/s1. The van der Waals surface area contributed by atoms with Crippen molar-refractivity contribution in [2.24, 2.45) is 5.92 Å². The van der Waals surface area contributed by atoms with Crippen molar-refractivity contribution in [2.45, 2.75) is 12.5 Å². The van der Waals surface area contributed by atoms with Gasteiger partial charge in [-0.25, -0.2) is 0 Å². The lowest BCUT2D eigenvalue weighted by atomic mass is 9.83. The van der Waals surface area contributed by atoms with Crippen LogP contribution in [-0.2, 0) is 16.0 Å². The average molecular weight is 408 g/mol. The second kappa shape index (κ2) is 8.19. The zero-order valence-electron chi connectivity index (χ0n) is 17.5. The first-order valence-electron chi connectivity index (χ1n) is 10.9. The molecule has 2 aromatic rings. The van der Waals surface area contributed by atoms with E-state index in [0.29, 0.717) is 26.3 Å². The molecule has 158 valence electrons. The zero-order valence-corrected chi connectivity index (χ0v) is 17.5. The minimum atomic E-state index is -0.0458. The summed E-state index contributed by atoms with van der Waals surface area (Å²) in [7, 11) is 1.72. The van der Waals surface area contributed by atoms with Gasteiger partial charge in [0.05, 0.1) is 38.0 Å². The molecule has 0 radical (unpaired) electrons. The van der Waals surface area contributed by atoms with Crippen LogP contribution < -0.4 is 14.5 Å². The van der Waals surface area contributed by atoms with E-state index in [0.717, 1.165) is 37.5 Å². The second-order valence-electron chi connectivity index (χ2n) is 8.26. The number of rotatable bonds is 3. The number of benzene rings is 2. The molecule has 2 fully saturated rings. The highest BCUT2D eigenvalue weighted by Gasteiger charge is 2.43. The summed E-state index contributed by atoms with van der Waals surface area (Å²) in [5.41, 5.74) is 3.68. The lowest BCUT2D eigenvalue weighted by molar-refractivity contribution is -0.140. The van der Waals surface area contributed by atoms with Crippen LogP contribution in [0.4, 0.5) is 11.4 Å². The molecule has 5 rings (SSSR count). The Morgan fingerprint density at radius 1 is 0.967 bits per heavy atom. The van der Waals surface area contributed by atoms with Crippen molar-refractivity contribution in [3.63, 3.8) is 0 Å². The maximum absolute atomic E-state index is 13.6. The molecule has 6 heteroatoms. The number of amides is 1. The number of anilines is 2. The van der Waals surface area contributed by atoms with Crippen molar-refractivity contribution in [3.8, 4) is 5.75 Å². The lowest BCUT2D eigenvalue weighted by Gasteiger charge is -2.50. The van der Waals surface area contributed by atoms with E-state index in [1.54, 1.807) is 7.11 Å². The van der Waals surface area contributed by atoms with Crippen LogP contribution in [0.3, 0.4) is 0 Å². The third kappa shape index (κ3) is 3.39. The number of methoxy groups -OCH3 is 1. The van der Waals surface area contributed by atoms with Gasteiger partial charge in [-0.1, -0.05) is 30.3 Å². The fourth-order valence-electron chi connectivity index (χ4n) is 5.17. The first-order chi connectivity index (χ1) is 14.8. The second-order valence-corrected chi connectivity index (χ2v) is 8.26. The van der Waals surface area contributed by atoms with Gasteiger partial charge in [-0.05, 0) is 30.2 Å². The van der Waals surface area contributed by atoms with Gasteiger partial charge in [0.25, 0.3) is 0 Å². The van der Waals surface area contributed by atoms with E-state index in [2.05, 4.69) is 46.2 Å². The predicted molar refractivity (Wildman–Crippen MR) is 117 cm³/mol. The monoisotopic (exact) mass is 407 g/mol. The van der Waals surface area contributed by atoms with Crippen LogP contribution in [0.25, 0.3) is 0 Å². The van der Waals surface area contributed by atoms with Crippen LogP contribution in [0, 0.1) is 5.92 Å². The molecule has 1 amide bonds. The molecule has 0 aromatic heterocycles. The lowest BCUT2D eigenvalue weighted by Crippen LogP contribution is -2.62. The molecule has 0 N–H and O–H groups in total. The largest absolute Gasteiger partial charge is 0.495 e. The normalized spacial score (nSPS) is 23.6. The Balaban J connectivity index is 1.47. The average Bonchev–Trinajstić information content (AvgIpc) is 2.83. The molecule has 2 aromatic carbocycles. The summed E-state index contributed by atoms with van der Waals surface area (Å²) < 4.78 is 11.1. The van der Waals surface area contributed by atoms with Gasteiger partial charge >= 0.3 is 0 Å². The van der Waals surface area contributed by atoms with Crippen molar-refractivity contribution in [3.05, 3.63) is 54.1 Å². The number of fused-ring (bicyclic) bond motifs is 3. The Kier molecular flexibility index (Phi) is 5.25. The molecule has 0 spiro atoms. The van der Waals surface area contributed by atoms with E-state index in [1.165, 1.54) is 11.3 Å². The Hall–Kier alpha value is -2.73. The van der Waals surface area contributed by atoms with Gasteiger partial charge in [-0.15, -0.1) is 0 Å². The Bertz CT molecular complexity index is 912. The minimum Gasteiger partial charge on any atom is -0.495 e. The number of para-hydroxylation sites is 3. The maximum Gasteiger partial charge on any atom is 0.228 e. The summed E-state index contributed by atoms with van der Waals surface area (Å²) >= 11 is 0. The van der Waals surface area contributed by atoms with Gasteiger partial charge < -0.3 is 24.2 Å². The highest BCUT2D eigenvalue weighted by atomic mass is 16.5. The molecule has 2 saturated heterocycles. The summed E-state index contributed by atoms with van der Waals surface area (Å²) in [6.07, 6.45) is 0.799. The van der Waals surface area contributed by atoms with E-state index < -0.39 is 0 Å². The smallest absolute Gasteiger partial charge is 0.228 e. The van der Waals surface area contributed by atoms with Gasteiger partial charge in [-0.3, -0.25) is 4.79 Å². The molecule has 0 bridgehead atoms. The Morgan fingerprint density at radius 2 is 1.70 bits per heavy atom. The van der Waals surface area contributed by atoms with Crippen LogP contribution in [-0.4, -0.2) is 69.9 Å². The number of hydrogen-bond donors (Lipinski definition) is 0. The Morgan fingerprint density at radius 3 is 2.50 bits per heavy atom. The Labute approximate surface area is 178 Å². The fourth-order valence-corrected chi connectivity index (χ4v) is 5.17. The summed E-state index contributed by atoms with van der Waals surface area (Å²) in [4.78, 5) is 20.4. The van der Waals surface area contributed by atoms with Crippen molar-refractivity contribution in [1.82, 2.24) is 4.90 Å². The number of carbonyl (C=O) groups is 1. The number of ether oxygens (including phenoxy) is 2. The molecule has 0 saturated carbocycles. The number of carbonyl (C=O) groups excluding carboxylic acids is 1. The quantitative estimate of drug-likeness (QED) is 0.782. The number of nitrogens with zero attached hydrogens (tertiary/aromatic N) is 3. The van der Waals surface area contributed by atoms with Crippen molar-refractivity contribution in [1.29, 1.82) is 0 Å². The molecule has 0 aliphatic carbocycles. The van der Waals surface area contributed by atoms with Crippen molar-refractivity contribution in [2.75, 3.05) is 62.8 Å². The van der Waals surface area contributed by atoms with Crippen molar-refractivity contribution < 1.29 is 14.3 Å². The molecule has 2 atom stereocenters. The van der Waals surface area contributed by atoms with Crippen molar-refractivity contribution >= 4 is 17.3 Å². The van der Waals surface area contributed by atoms with E-state index in [4.69, 9.17) is 9.47 Å². The fraction of sp³-hybridized carbons (Fsp3) is 0.458. The molecule has 6 nitrogen and oxygen atoms in total. The van der Waals surface area contributed by atoms with E-state index in [1.807, 2.05) is 17.0 Å². The van der Waals surface area contributed by atoms with Crippen LogP contribution in [0.5, 0.6) is 5.75 Å². The summed E-state index contributed by atoms with van der Waals surface area (Å²) in [5.74, 6) is 1.11. The van der Waals surface area contributed by atoms with E-state index >= 15 is 0 Å². The number of hydrogen-bond acceptors (Lipinski definition) is 5. The topological polar surface area (TPSA) is 45.2 Å². The summed E-state index contributed by atoms with van der Waals surface area (Å²) in [6, 6.07) is 16.9. The summed E-state index contributed by atoms with van der Waals surface area (Å²) in [5, 5.41) is 0. The van der Waals surface area contributed by atoms with Crippen LogP contribution in [0.1, 0.15) is 5.56 Å². The highest BCUT2D eigenvalue weighted by Crippen LogP contribution is 2.39. The molecular formula is C24H29N3O3. The first kappa shape index (κ1) is 19.2. The maximum atomic E-state index is 13.6. The minimum absolute atomic E-state index is 0.0458. The molecule has 3 aliphatic rings. The molecule has 3 aliphatic heterocycles. The number of morpholine rings is 1. The summed E-state index contributed by atoms with van der Waals surface area (Å²) in [6.45, 7) is 5.28. The third-order valence-electron chi connectivity index (χ3n) is 6.69. The van der Waals surface area contributed by atoms with E-state index in [9.17, 15) is 4.79 Å². The van der Waals surface area contributed by atoms with Gasteiger partial charge in [0.1, 0.15) is 5.75 Å². The van der Waals surface area contributed by atoms with Crippen LogP contribution in [0.15, 0.2) is 48.5 Å². The molecule has 3 heterocycles. The SMILES string of the molecule is COc1ccccc1N1CCN2c3ccccc3C[C@@H](C(=O)N3CCOCC3)[C@H]2C1. The van der Waals surface area contributed by atoms with Crippen LogP contribution in [0.2, 0.25) is 0 Å². The zero-order chi connectivity index (χ0) is 20.5. The molecule has 30 heavy (non-hydrogen) atoms. The highest BCUT2D eigenvalue weighted by molar-refractivity contribution is 5.82. The van der Waals surface area contributed by atoms with Gasteiger partial charge in [0.2, 0.25) is 5.91 Å². The number of piperazine rings is 1. The molecular weight excluding hydrogens is 378 g/mol. The third-order valence-corrected chi connectivity index (χ3v) is 6.69. The van der Waals surface area contributed by atoms with Gasteiger partial charge in [-0.2, -0.15) is 0 Å².